The molecule has 0 radical (unpaired) electrons. The highest BCUT2D eigenvalue weighted by molar-refractivity contribution is 5.64. The van der Waals surface area contributed by atoms with Crippen molar-refractivity contribution >= 4 is 6.09 Å². The fraction of sp³-hybridized carbons (Fsp3) is 0.235. The lowest BCUT2D eigenvalue weighted by Crippen LogP contribution is -2.12. The van der Waals surface area contributed by atoms with Gasteiger partial charge in [0.2, 0.25) is 0 Å². The average molecular weight is 283 g/mol. The normalized spacial score (nSPS) is 20.0. The molecule has 0 spiro atoms. The summed E-state index contributed by atoms with van der Waals surface area (Å²) in [5.74, 6) is 0.0773. The number of nitrogens with two attached hydrogens (primary N) is 1. The zero-order chi connectivity index (χ0) is 14.8. The van der Waals surface area contributed by atoms with Crippen molar-refractivity contribution < 1.29 is 14.6 Å². The molecule has 0 saturated carbocycles. The molecule has 1 amide bonds. The molecule has 1 aliphatic carbocycles. The third-order valence-corrected chi connectivity index (χ3v) is 3.98. The number of hydrogen-bond donors (Lipinski definition) is 2. The third-order valence-electron chi connectivity index (χ3n) is 3.98. The summed E-state index contributed by atoms with van der Waals surface area (Å²) in [4.78, 5) is 10.6. The Morgan fingerprint density at radius 1 is 1.19 bits per heavy atom. The van der Waals surface area contributed by atoms with E-state index in [9.17, 15) is 9.90 Å². The Morgan fingerprint density at radius 2 is 1.90 bits per heavy atom. The maximum absolute atomic E-state index is 10.6. The fourth-order valence-corrected chi connectivity index (χ4v) is 2.89. The maximum atomic E-state index is 10.6. The van der Waals surface area contributed by atoms with Crippen LogP contribution in [0.5, 0.6) is 0 Å². The number of carbonyl (C=O) groups excluding carboxylic acids is 1. The van der Waals surface area contributed by atoms with Crippen molar-refractivity contribution in [2.24, 2.45) is 5.73 Å². The number of rotatable bonds is 3. The van der Waals surface area contributed by atoms with Gasteiger partial charge in [0.15, 0.2) is 0 Å². The second-order valence-electron chi connectivity index (χ2n) is 5.30. The highest BCUT2D eigenvalue weighted by atomic mass is 16.5. The van der Waals surface area contributed by atoms with E-state index < -0.39 is 12.2 Å². The minimum absolute atomic E-state index is 0.0773. The summed E-state index contributed by atoms with van der Waals surface area (Å²) in [6.45, 7) is 0.170. The van der Waals surface area contributed by atoms with Gasteiger partial charge >= 0.3 is 6.09 Å². The zero-order valence-corrected chi connectivity index (χ0v) is 11.5. The Labute approximate surface area is 123 Å². The van der Waals surface area contributed by atoms with Crippen LogP contribution >= 0.6 is 0 Å². The number of amides is 1. The zero-order valence-electron chi connectivity index (χ0n) is 11.5. The lowest BCUT2D eigenvalue weighted by atomic mass is 9.93. The SMILES string of the molecule is NC(=O)OCc1ccc(C2Cc3ccccc3C2O)cc1. The maximum Gasteiger partial charge on any atom is 0.404 e. The van der Waals surface area contributed by atoms with Gasteiger partial charge in [-0.15, -0.1) is 0 Å². The first-order valence-corrected chi connectivity index (χ1v) is 6.92. The van der Waals surface area contributed by atoms with Gasteiger partial charge in [0, 0.05) is 5.92 Å². The van der Waals surface area contributed by atoms with Gasteiger partial charge < -0.3 is 15.6 Å². The van der Waals surface area contributed by atoms with Crippen LogP contribution in [0.4, 0.5) is 4.79 Å². The molecule has 4 heteroatoms. The summed E-state index contributed by atoms with van der Waals surface area (Å²) >= 11 is 0. The van der Waals surface area contributed by atoms with Crippen molar-refractivity contribution in [2.45, 2.75) is 25.0 Å². The largest absolute Gasteiger partial charge is 0.445 e. The van der Waals surface area contributed by atoms with Crippen molar-refractivity contribution in [3.05, 3.63) is 70.8 Å². The molecule has 4 nitrogen and oxygen atoms in total. The lowest BCUT2D eigenvalue weighted by Gasteiger charge is -2.16. The fourth-order valence-electron chi connectivity index (χ4n) is 2.89. The van der Waals surface area contributed by atoms with Gasteiger partial charge in [-0.25, -0.2) is 4.79 Å². The van der Waals surface area contributed by atoms with Gasteiger partial charge in [0.1, 0.15) is 6.61 Å². The summed E-state index contributed by atoms with van der Waals surface area (Å²) in [7, 11) is 0. The molecule has 1 aliphatic rings. The number of aliphatic hydroxyl groups excluding tert-OH is 1. The number of aliphatic hydroxyl groups is 1. The summed E-state index contributed by atoms with van der Waals surface area (Å²) in [6, 6.07) is 15.7. The van der Waals surface area contributed by atoms with Gasteiger partial charge in [0.25, 0.3) is 0 Å². The molecule has 0 bridgehead atoms. The van der Waals surface area contributed by atoms with Crippen molar-refractivity contribution in [3.8, 4) is 0 Å². The molecule has 0 aromatic heterocycles. The second kappa shape index (κ2) is 5.58. The van der Waals surface area contributed by atoms with E-state index in [4.69, 9.17) is 10.5 Å². The van der Waals surface area contributed by atoms with E-state index in [1.807, 2.05) is 42.5 Å². The molecule has 2 unspecified atom stereocenters. The van der Waals surface area contributed by atoms with Gasteiger partial charge in [-0.2, -0.15) is 0 Å². The van der Waals surface area contributed by atoms with Gasteiger partial charge in [-0.05, 0) is 28.7 Å². The Kier molecular flexibility index (Phi) is 3.62. The van der Waals surface area contributed by atoms with Gasteiger partial charge in [-0.1, -0.05) is 48.5 Å². The molecule has 108 valence electrons. The van der Waals surface area contributed by atoms with Crippen LogP contribution in [0.1, 0.15) is 34.3 Å². The molecule has 2 aromatic carbocycles. The van der Waals surface area contributed by atoms with Crippen LogP contribution in [0.15, 0.2) is 48.5 Å². The van der Waals surface area contributed by atoms with Crippen molar-refractivity contribution in [1.29, 1.82) is 0 Å². The summed E-state index contributed by atoms with van der Waals surface area (Å²) < 4.78 is 4.75. The summed E-state index contributed by atoms with van der Waals surface area (Å²) in [6.07, 6.45) is -0.399. The van der Waals surface area contributed by atoms with Crippen LogP contribution in [0.2, 0.25) is 0 Å². The van der Waals surface area contributed by atoms with Crippen molar-refractivity contribution in [1.82, 2.24) is 0 Å². The minimum atomic E-state index is -0.777. The Balaban J connectivity index is 1.75. The Morgan fingerprint density at radius 3 is 2.57 bits per heavy atom. The number of fused-ring (bicyclic) bond motifs is 1. The standard InChI is InChI=1S/C17H17NO3/c18-17(20)21-10-11-5-7-12(8-6-11)15-9-13-3-1-2-4-14(13)16(15)19/h1-8,15-16,19H,9-10H2,(H2,18,20). The van der Waals surface area contributed by atoms with Gasteiger partial charge in [0.05, 0.1) is 6.10 Å². The minimum Gasteiger partial charge on any atom is -0.445 e. The average Bonchev–Trinajstić information content (AvgIpc) is 2.83. The molecular formula is C17H17NO3. The smallest absolute Gasteiger partial charge is 0.404 e. The van der Waals surface area contributed by atoms with Crippen molar-refractivity contribution in [3.63, 3.8) is 0 Å². The molecule has 2 aromatic rings. The highest BCUT2D eigenvalue weighted by Crippen LogP contribution is 2.42. The van der Waals surface area contributed by atoms with E-state index in [1.165, 1.54) is 5.56 Å². The molecular weight excluding hydrogens is 266 g/mol. The van der Waals surface area contributed by atoms with Crippen LogP contribution in [0.25, 0.3) is 0 Å². The molecule has 2 atom stereocenters. The molecule has 0 saturated heterocycles. The molecule has 21 heavy (non-hydrogen) atoms. The summed E-state index contributed by atoms with van der Waals surface area (Å²) in [5.41, 5.74) is 9.13. The second-order valence-corrected chi connectivity index (χ2v) is 5.30. The van der Waals surface area contributed by atoms with E-state index in [-0.39, 0.29) is 12.5 Å². The summed E-state index contributed by atoms with van der Waals surface area (Å²) in [5, 5.41) is 10.5. The number of hydrogen-bond acceptors (Lipinski definition) is 3. The van der Waals surface area contributed by atoms with Crippen LogP contribution in [0.3, 0.4) is 0 Å². The number of ether oxygens (including phenoxy) is 1. The lowest BCUT2D eigenvalue weighted by molar-refractivity contribution is 0.150. The Bertz CT molecular complexity index is 651. The first kappa shape index (κ1) is 13.6. The van der Waals surface area contributed by atoms with Gasteiger partial charge in [-0.3, -0.25) is 0 Å². The first-order valence-electron chi connectivity index (χ1n) is 6.92. The Hall–Kier alpha value is -2.33. The monoisotopic (exact) mass is 283 g/mol. The third kappa shape index (κ3) is 2.76. The molecule has 0 heterocycles. The van der Waals surface area contributed by atoms with E-state index in [1.54, 1.807) is 0 Å². The van der Waals surface area contributed by atoms with Crippen LogP contribution in [0, 0.1) is 0 Å². The highest BCUT2D eigenvalue weighted by Gasteiger charge is 2.31. The van der Waals surface area contributed by atoms with E-state index >= 15 is 0 Å². The number of benzene rings is 2. The molecule has 3 rings (SSSR count). The van der Waals surface area contributed by atoms with Crippen molar-refractivity contribution in [2.75, 3.05) is 0 Å². The quantitative estimate of drug-likeness (QED) is 0.909. The predicted octanol–water partition coefficient (Wildman–Crippen LogP) is 2.66. The van der Waals surface area contributed by atoms with Crippen LogP contribution in [-0.4, -0.2) is 11.2 Å². The van der Waals surface area contributed by atoms with E-state index in [0.717, 1.165) is 23.1 Å². The number of primary amides is 1. The first-order chi connectivity index (χ1) is 10.1. The van der Waals surface area contributed by atoms with E-state index in [2.05, 4.69) is 6.07 Å². The predicted molar refractivity (Wildman–Crippen MR) is 78.7 cm³/mol. The topological polar surface area (TPSA) is 72.6 Å². The number of carbonyl (C=O) groups is 1. The van der Waals surface area contributed by atoms with Crippen LogP contribution in [-0.2, 0) is 17.8 Å². The van der Waals surface area contributed by atoms with E-state index in [0.29, 0.717) is 0 Å². The molecule has 3 N–H and O–H groups in total. The van der Waals surface area contributed by atoms with Crippen LogP contribution < -0.4 is 5.73 Å². The molecule has 0 fully saturated rings. The molecule has 0 aliphatic heterocycles.